The summed E-state index contributed by atoms with van der Waals surface area (Å²) >= 11 is 0. The van der Waals surface area contributed by atoms with Crippen LogP contribution in [0.5, 0.6) is 0 Å². The Kier molecular flexibility index (Phi) is 12.9. The van der Waals surface area contributed by atoms with E-state index in [0.29, 0.717) is 13.2 Å². The summed E-state index contributed by atoms with van der Waals surface area (Å²) in [6.45, 7) is 3.24. The molecule has 0 heterocycles. The summed E-state index contributed by atoms with van der Waals surface area (Å²) < 4.78 is 10.5. The molecule has 0 amide bonds. The van der Waals surface area contributed by atoms with Gasteiger partial charge in [-0.05, 0) is 6.92 Å². The zero-order valence-electron chi connectivity index (χ0n) is 9.20. The molecular formula is C11H15BrMgO2. The van der Waals surface area contributed by atoms with Crippen molar-refractivity contribution in [3.05, 3.63) is 35.9 Å². The van der Waals surface area contributed by atoms with E-state index in [1.54, 1.807) is 7.11 Å². The first-order valence-corrected chi connectivity index (χ1v) is 4.38. The zero-order chi connectivity index (χ0) is 9.52. The van der Waals surface area contributed by atoms with E-state index in [4.69, 9.17) is 9.47 Å². The van der Waals surface area contributed by atoms with Gasteiger partial charge in [-0.15, -0.1) is 5.56 Å². The maximum absolute atomic E-state index is 5.43. The molecule has 80 valence electrons. The number of benzene rings is 1. The van der Waals surface area contributed by atoms with Crippen molar-refractivity contribution in [1.29, 1.82) is 0 Å². The quantitative estimate of drug-likeness (QED) is 0.492. The summed E-state index contributed by atoms with van der Waals surface area (Å²) in [6, 6.07) is 10.8. The van der Waals surface area contributed by atoms with Gasteiger partial charge in [0.2, 0.25) is 0 Å². The van der Waals surface area contributed by atoms with Gasteiger partial charge in [0.25, 0.3) is 0 Å². The van der Waals surface area contributed by atoms with Crippen molar-refractivity contribution in [3.8, 4) is 0 Å². The molecule has 0 saturated heterocycles. The van der Waals surface area contributed by atoms with Crippen LogP contribution in [-0.2, 0) is 16.1 Å². The Morgan fingerprint density at radius 1 is 1.47 bits per heavy atom. The van der Waals surface area contributed by atoms with Gasteiger partial charge in [0.15, 0.2) is 0 Å². The van der Waals surface area contributed by atoms with Crippen molar-refractivity contribution >= 4 is 23.1 Å². The maximum atomic E-state index is 5.43. The molecule has 2 nitrogen and oxygen atoms in total. The first kappa shape index (κ1) is 17.8. The molecule has 0 saturated carbocycles. The Morgan fingerprint density at radius 2 is 2.20 bits per heavy atom. The molecule has 1 aromatic rings. The Bertz CT molecular complexity index is 231. The summed E-state index contributed by atoms with van der Waals surface area (Å²) in [5.41, 5.74) is 1.14. The van der Waals surface area contributed by atoms with Crippen molar-refractivity contribution in [2.45, 2.75) is 19.6 Å². The summed E-state index contributed by atoms with van der Waals surface area (Å²) in [4.78, 5) is 0. The zero-order valence-corrected chi connectivity index (χ0v) is 12.2. The standard InChI is InChI=1S/C11H15O2.BrH.Mg/c1-10(12-2)8-13-9-11-6-4-3-5-7-11;;/h3-4,6-7,10H,8-9H2,1-2H3;1H;/q-1;;+2/p-1/t10-;;/m0../s1. The molecule has 1 atom stereocenters. The number of hydrogen-bond acceptors (Lipinski definition) is 2. The molecule has 4 heteroatoms. The van der Waals surface area contributed by atoms with Gasteiger partial charge in [-0.2, -0.15) is 30.3 Å². The fraction of sp³-hybridized carbons (Fsp3) is 0.455. The van der Waals surface area contributed by atoms with Crippen LogP contribution in [0.4, 0.5) is 0 Å². The van der Waals surface area contributed by atoms with Crippen LogP contribution in [0.3, 0.4) is 0 Å². The molecule has 15 heavy (non-hydrogen) atoms. The van der Waals surface area contributed by atoms with E-state index in [1.807, 2.05) is 31.2 Å². The molecular weight excluding hydrogens is 268 g/mol. The maximum Gasteiger partial charge on any atom is 2.00 e. The smallest absolute Gasteiger partial charge is 1.00 e. The molecule has 0 N–H and O–H groups in total. The third-order valence-electron chi connectivity index (χ3n) is 1.80. The van der Waals surface area contributed by atoms with Crippen LogP contribution in [0.15, 0.2) is 24.3 Å². The van der Waals surface area contributed by atoms with Gasteiger partial charge < -0.3 is 26.5 Å². The van der Waals surface area contributed by atoms with E-state index in [2.05, 4.69) is 6.07 Å². The van der Waals surface area contributed by atoms with E-state index >= 15 is 0 Å². The van der Waals surface area contributed by atoms with Gasteiger partial charge in [0.05, 0.1) is 12.7 Å². The van der Waals surface area contributed by atoms with Crippen molar-refractivity contribution in [2.24, 2.45) is 0 Å². The number of methoxy groups -OCH3 is 1. The Balaban J connectivity index is 0. The van der Waals surface area contributed by atoms with E-state index in [-0.39, 0.29) is 46.1 Å². The van der Waals surface area contributed by atoms with Crippen LogP contribution < -0.4 is 17.0 Å². The van der Waals surface area contributed by atoms with Gasteiger partial charge in [0, 0.05) is 13.7 Å². The molecule has 0 bridgehead atoms. The fourth-order valence-corrected chi connectivity index (χ4v) is 0.931. The third-order valence-corrected chi connectivity index (χ3v) is 1.80. The summed E-state index contributed by atoms with van der Waals surface area (Å²) in [7, 11) is 1.68. The van der Waals surface area contributed by atoms with Gasteiger partial charge in [-0.1, -0.05) is 0 Å². The molecule has 0 aliphatic heterocycles. The molecule has 0 unspecified atom stereocenters. The largest absolute Gasteiger partial charge is 2.00 e. The van der Waals surface area contributed by atoms with Crippen LogP contribution >= 0.6 is 0 Å². The number of hydrogen-bond donors (Lipinski definition) is 0. The molecule has 1 aromatic carbocycles. The Labute approximate surface area is 118 Å². The first-order valence-electron chi connectivity index (χ1n) is 4.38. The minimum absolute atomic E-state index is 0. The van der Waals surface area contributed by atoms with Crippen LogP contribution in [0.25, 0.3) is 0 Å². The van der Waals surface area contributed by atoms with E-state index in [0.717, 1.165) is 5.56 Å². The first-order chi connectivity index (χ1) is 6.33. The Hall–Kier alpha value is 0.386. The summed E-state index contributed by atoms with van der Waals surface area (Å²) in [6.07, 6.45) is 0.160. The molecule has 0 aromatic heterocycles. The topological polar surface area (TPSA) is 18.5 Å². The van der Waals surface area contributed by atoms with Gasteiger partial charge in [0.1, 0.15) is 0 Å². The van der Waals surface area contributed by atoms with Crippen molar-refractivity contribution in [2.75, 3.05) is 13.7 Å². The summed E-state index contributed by atoms with van der Waals surface area (Å²) in [5, 5.41) is 0. The minimum atomic E-state index is 0. The van der Waals surface area contributed by atoms with E-state index in [9.17, 15) is 0 Å². The van der Waals surface area contributed by atoms with Crippen LogP contribution in [0, 0.1) is 6.07 Å². The molecule has 0 fully saturated rings. The second kappa shape index (κ2) is 10.9. The molecule has 0 aliphatic rings. The van der Waals surface area contributed by atoms with Crippen LogP contribution in [0.1, 0.15) is 12.5 Å². The molecule has 1 rings (SSSR count). The van der Waals surface area contributed by atoms with Crippen LogP contribution in [0.2, 0.25) is 0 Å². The second-order valence-electron chi connectivity index (χ2n) is 2.97. The average molecular weight is 283 g/mol. The van der Waals surface area contributed by atoms with Crippen molar-refractivity contribution < 1.29 is 26.5 Å². The predicted molar refractivity (Wildman–Crippen MR) is 57.2 cm³/mol. The Morgan fingerprint density at radius 3 is 2.73 bits per heavy atom. The average Bonchev–Trinajstić information content (AvgIpc) is 2.19. The van der Waals surface area contributed by atoms with Gasteiger partial charge in [-0.25, -0.2) is 0 Å². The van der Waals surface area contributed by atoms with Crippen molar-refractivity contribution in [3.63, 3.8) is 0 Å². The normalized spacial score (nSPS) is 11.1. The number of rotatable bonds is 5. The molecule has 0 aliphatic carbocycles. The molecule has 0 radical (unpaired) electrons. The number of halogens is 1. The predicted octanol–water partition coefficient (Wildman–Crippen LogP) is -1.34. The van der Waals surface area contributed by atoms with E-state index < -0.39 is 0 Å². The minimum Gasteiger partial charge on any atom is -1.00 e. The third kappa shape index (κ3) is 8.22. The number of ether oxygens (including phenoxy) is 2. The SMILES string of the molecule is CO[C@@H](C)COCc1c[c-]ccc1.[Br-].[Mg+2]. The molecule has 0 spiro atoms. The van der Waals surface area contributed by atoms with Gasteiger partial charge in [-0.3, -0.25) is 0 Å². The van der Waals surface area contributed by atoms with Gasteiger partial charge >= 0.3 is 23.1 Å². The monoisotopic (exact) mass is 282 g/mol. The fourth-order valence-electron chi connectivity index (χ4n) is 0.931. The summed E-state index contributed by atoms with van der Waals surface area (Å²) in [5.74, 6) is 0. The van der Waals surface area contributed by atoms with Crippen LogP contribution in [-0.4, -0.2) is 42.9 Å². The van der Waals surface area contributed by atoms with Crippen molar-refractivity contribution in [1.82, 2.24) is 0 Å². The van der Waals surface area contributed by atoms with E-state index in [1.165, 1.54) is 0 Å². The second-order valence-corrected chi connectivity index (χ2v) is 2.97.